The molecule has 0 aromatic heterocycles. The molecule has 5 heteroatoms. The summed E-state index contributed by atoms with van der Waals surface area (Å²) in [7, 11) is 5.56. The first kappa shape index (κ1) is 25.3. The van der Waals surface area contributed by atoms with E-state index in [1.165, 1.54) is 0 Å². The Kier molecular flexibility index (Phi) is 152. The summed E-state index contributed by atoms with van der Waals surface area (Å²) >= 11 is 0. The monoisotopic (exact) mass is 421 g/mol. The predicted molar refractivity (Wildman–Crippen MR) is 16.6 cm³/mol. The Morgan fingerprint density at radius 3 is 0.800 bits per heavy atom. The minimum absolute atomic E-state index is 0. The van der Waals surface area contributed by atoms with Gasteiger partial charge in [0.15, 0.2) is 0 Å². The third-order valence-corrected chi connectivity index (χ3v) is 0. The Morgan fingerprint density at radius 2 is 0.800 bits per heavy atom. The van der Waals surface area contributed by atoms with E-state index in [2.05, 4.69) is 17.1 Å². The molecule has 0 nitrogen and oxygen atoms in total. The van der Waals surface area contributed by atoms with E-state index in [1.807, 2.05) is 0 Å². The largest absolute Gasteiger partial charge is 2.00 e. The second-order valence-corrected chi connectivity index (χ2v) is 0. The van der Waals surface area contributed by atoms with Crippen molar-refractivity contribution in [3.8, 4) is 0 Å². The van der Waals surface area contributed by atoms with Crippen LogP contribution in [0.3, 0.4) is 0 Å². The standard InChI is InChI=1S/2HI.H2P2.Rh/c;;1-2;/h2*1H;1-2H;/q;;;+2/p-2. The molecule has 0 saturated carbocycles. The van der Waals surface area contributed by atoms with Crippen molar-refractivity contribution in [1.29, 1.82) is 0 Å². The maximum atomic E-state index is 2.78. The van der Waals surface area contributed by atoms with Gasteiger partial charge in [0.1, 0.15) is 0 Å². The summed E-state index contributed by atoms with van der Waals surface area (Å²) < 4.78 is 0. The molecule has 0 heterocycles. The van der Waals surface area contributed by atoms with Gasteiger partial charge in [0.2, 0.25) is 0 Å². The second kappa shape index (κ2) is 30.0. The van der Waals surface area contributed by atoms with Crippen molar-refractivity contribution in [3.05, 3.63) is 0 Å². The number of halogens is 2. The molecule has 0 N–H and O–H groups in total. The average molecular weight is 421 g/mol. The predicted octanol–water partition coefficient (Wildman–Crippen LogP) is -4.81. The van der Waals surface area contributed by atoms with Crippen LogP contribution in [0, 0.1) is 0 Å². The normalized spacial score (nSPS) is 0.800. The molecule has 0 atom stereocenters. The van der Waals surface area contributed by atoms with Crippen LogP contribution >= 0.6 is 17.1 Å². The first-order valence-electron chi connectivity index (χ1n) is 0.250. The van der Waals surface area contributed by atoms with Gasteiger partial charge in [-0.3, -0.25) is 0 Å². The fraction of sp³-hybridized carbons (Fsp3) is 0. The topological polar surface area (TPSA) is 0 Å². The molecular formula is H2I2P2Rh. The van der Waals surface area contributed by atoms with E-state index in [4.69, 9.17) is 0 Å². The van der Waals surface area contributed by atoms with E-state index >= 15 is 0 Å². The van der Waals surface area contributed by atoms with Crippen LogP contribution in [0.5, 0.6) is 0 Å². The molecule has 0 saturated heterocycles. The molecule has 5 heavy (non-hydrogen) atoms. The minimum atomic E-state index is 0. The van der Waals surface area contributed by atoms with Crippen molar-refractivity contribution in [2.45, 2.75) is 0 Å². The molecule has 1 radical (unpaired) electrons. The first-order valence-corrected chi connectivity index (χ1v) is 2.25. The van der Waals surface area contributed by atoms with E-state index in [1.54, 1.807) is 0 Å². The summed E-state index contributed by atoms with van der Waals surface area (Å²) in [5.74, 6) is 0. The summed E-state index contributed by atoms with van der Waals surface area (Å²) in [6, 6.07) is 0. The van der Waals surface area contributed by atoms with Gasteiger partial charge in [-0.05, 0) is 0 Å². The zero-order chi connectivity index (χ0) is 2.00. The smallest absolute Gasteiger partial charge is 1.00 e. The van der Waals surface area contributed by atoms with Gasteiger partial charge in [-0.15, -0.1) is 0 Å². The average Bonchev–Trinajstić information content (AvgIpc) is 1.00. The molecule has 0 spiro atoms. The summed E-state index contributed by atoms with van der Waals surface area (Å²) in [5, 5.41) is 0. The fourth-order valence-corrected chi connectivity index (χ4v) is 0. The van der Waals surface area contributed by atoms with Crippen LogP contribution < -0.4 is 48.0 Å². The summed E-state index contributed by atoms with van der Waals surface area (Å²) in [4.78, 5) is 0. The summed E-state index contributed by atoms with van der Waals surface area (Å²) in [6.45, 7) is 0. The van der Waals surface area contributed by atoms with Gasteiger partial charge in [-0.1, -0.05) is 17.1 Å². The van der Waals surface area contributed by atoms with E-state index < -0.39 is 0 Å². The Morgan fingerprint density at radius 1 is 0.800 bits per heavy atom. The van der Waals surface area contributed by atoms with Crippen molar-refractivity contribution in [3.63, 3.8) is 0 Å². The van der Waals surface area contributed by atoms with E-state index in [0.717, 1.165) is 0 Å². The Bertz CT molecular complexity index is 7.61. The number of rotatable bonds is 0. The van der Waals surface area contributed by atoms with Crippen LogP contribution in [0.25, 0.3) is 0 Å². The molecule has 0 fully saturated rings. The Labute approximate surface area is 83.3 Å². The fourth-order valence-electron chi connectivity index (χ4n) is 0. The van der Waals surface area contributed by atoms with Gasteiger partial charge in [-0.25, -0.2) is 0 Å². The molecule has 0 amide bonds. The first-order chi connectivity index (χ1) is 1.00. The van der Waals surface area contributed by atoms with Crippen LogP contribution in [-0.4, -0.2) is 0 Å². The van der Waals surface area contributed by atoms with Crippen LogP contribution in [0.15, 0.2) is 0 Å². The minimum Gasteiger partial charge on any atom is -1.00 e. The van der Waals surface area contributed by atoms with Crippen molar-refractivity contribution in [1.82, 2.24) is 0 Å². The van der Waals surface area contributed by atoms with Gasteiger partial charge < -0.3 is 48.0 Å². The summed E-state index contributed by atoms with van der Waals surface area (Å²) in [6.07, 6.45) is 0. The third kappa shape index (κ3) is 20.4. The molecule has 0 aromatic carbocycles. The van der Waals surface area contributed by atoms with Crippen LogP contribution in [0.2, 0.25) is 0 Å². The molecule has 0 aliphatic rings. The summed E-state index contributed by atoms with van der Waals surface area (Å²) in [5.41, 5.74) is 0. The Hall–Kier alpha value is 2.68. The maximum Gasteiger partial charge on any atom is 2.00 e. The van der Waals surface area contributed by atoms with Gasteiger partial charge in [-0.2, -0.15) is 0 Å². The molecule has 0 aromatic rings. The third-order valence-electron chi connectivity index (χ3n) is 0. The van der Waals surface area contributed by atoms with Gasteiger partial charge in [0.05, 0.1) is 0 Å². The maximum absolute atomic E-state index is 2.78. The van der Waals surface area contributed by atoms with Crippen LogP contribution in [0.1, 0.15) is 0 Å². The van der Waals surface area contributed by atoms with Gasteiger partial charge >= 0.3 is 19.5 Å². The van der Waals surface area contributed by atoms with Crippen molar-refractivity contribution in [2.24, 2.45) is 0 Å². The van der Waals surface area contributed by atoms with E-state index in [-0.39, 0.29) is 67.4 Å². The van der Waals surface area contributed by atoms with Crippen molar-refractivity contribution < 1.29 is 67.4 Å². The van der Waals surface area contributed by atoms with Crippen molar-refractivity contribution in [2.75, 3.05) is 0 Å². The molecule has 0 unspecified atom stereocenters. The molecule has 0 bridgehead atoms. The quantitative estimate of drug-likeness (QED) is 0.210. The van der Waals surface area contributed by atoms with Crippen LogP contribution in [-0.2, 0) is 19.5 Å². The molecular weight excluding hydrogens is 419 g/mol. The molecule has 0 rings (SSSR count). The Balaban J connectivity index is -0.00000000167. The number of hydrogen-bond acceptors (Lipinski definition) is 0. The molecule has 0 aliphatic heterocycles. The van der Waals surface area contributed by atoms with Crippen LogP contribution in [0.4, 0.5) is 0 Å². The molecule has 0 aliphatic carbocycles. The van der Waals surface area contributed by atoms with E-state index in [0.29, 0.717) is 0 Å². The van der Waals surface area contributed by atoms with Gasteiger partial charge in [0.25, 0.3) is 0 Å². The zero-order valence-corrected chi connectivity index (χ0v) is 10.0. The second-order valence-electron chi connectivity index (χ2n) is 0. The van der Waals surface area contributed by atoms with E-state index in [9.17, 15) is 0 Å². The van der Waals surface area contributed by atoms with Gasteiger partial charge in [0, 0.05) is 0 Å². The molecule has 35 valence electrons. The SMILES string of the molecule is P=P.[I-].[I-].[Rh+2]. The zero-order valence-electron chi connectivity index (χ0n) is 2.09. The van der Waals surface area contributed by atoms with Crippen molar-refractivity contribution >= 4 is 17.1 Å². The number of hydrogen-bond donors (Lipinski definition) is 0.